The van der Waals surface area contributed by atoms with Crippen molar-refractivity contribution in [3.8, 4) is 5.69 Å². The van der Waals surface area contributed by atoms with E-state index in [9.17, 15) is 0 Å². The maximum Gasteiger partial charge on any atom is 0.135 e. The minimum absolute atomic E-state index is 0.160. The van der Waals surface area contributed by atoms with E-state index < -0.39 is 0 Å². The zero-order valence-corrected chi connectivity index (χ0v) is 24.7. The smallest absolute Gasteiger partial charge is 0.135 e. The molecule has 4 heteroatoms. The van der Waals surface area contributed by atoms with Crippen LogP contribution in [0.4, 0.5) is 11.4 Å². The van der Waals surface area contributed by atoms with Crippen molar-refractivity contribution in [1.29, 1.82) is 0 Å². The van der Waals surface area contributed by atoms with E-state index in [0.29, 0.717) is 0 Å². The van der Waals surface area contributed by atoms with E-state index in [1.165, 1.54) is 33.1 Å². The fraction of sp³-hybridized carbons (Fsp3) is 0.0476. The Morgan fingerprint density at radius 2 is 1.09 bits per heavy atom. The highest BCUT2D eigenvalue weighted by Gasteiger charge is 2.40. The molecule has 0 saturated carbocycles. The van der Waals surface area contributed by atoms with Gasteiger partial charge in [0.25, 0.3) is 0 Å². The first-order chi connectivity index (χ1) is 22.8. The standard InChI is InChI=1S/C42H26N2O2/c1-5-13-35-27(9-1)31-19-20-32-28-10-2-6-14-36(28)44(26-18-22-40-34(24-26)30-12-4-8-16-38(30)46-40)42(32)41(31)43(35)25-17-21-39-33(23-25)29-11-3-7-15-37(29)45-39/h1-24,27,35H. The van der Waals surface area contributed by atoms with Gasteiger partial charge in [-0.2, -0.15) is 0 Å². The summed E-state index contributed by atoms with van der Waals surface area (Å²) in [5.41, 5.74) is 10.9. The number of furan rings is 2. The molecule has 4 nitrogen and oxygen atoms in total. The number of benzene rings is 6. The molecular weight excluding hydrogens is 564 g/mol. The molecule has 6 aromatic carbocycles. The summed E-state index contributed by atoms with van der Waals surface area (Å²) in [6.45, 7) is 0. The molecule has 9 aromatic rings. The van der Waals surface area contributed by atoms with Crippen LogP contribution in [0.15, 0.2) is 154 Å². The van der Waals surface area contributed by atoms with Crippen molar-refractivity contribution in [2.75, 3.05) is 4.90 Å². The summed E-state index contributed by atoms with van der Waals surface area (Å²) in [5, 5.41) is 7.03. The van der Waals surface area contributed by atoms with Crippen molar-refractivity contribution in [2.45, 2.75) is 12.0 Å². The van der Waals surface area contributed by atoms with Gasteiger partial charge in [0.1, 0.15) is 22.3 Å². The van der Waals surface area contributed by atoms with Crippen molar-refractivity contribution >= 4 is 77.1 Å². The fourth-order valence-corrected chi connectivity index (χ4v) is 8.14. The van der Waals surface area contributed by atoms with Crippen LogP contribution in [0.5, 0.6) is 0 Å². The number of hydrogen-bond acceptors (Lipinski definition) is 3. The Morgan fingerprint density at radius 1 is 0.478 bits per heavy atom. The Morgan fingerprint density at radius 3 is 1.85 bits per heavy atom. The highest BCUT2D eigenvalue weighted by Crippen LogP contribution is 2.53. The van der Waals surface area contributed by atoms with Crippen molar-refractivity contribution in [3.05, 3.63) is 151 Å². The van der Waals surface area contributed by atoms with Crippen LogP contribution in [0.25, 0.3) is 71.4 Å². The molecule has 3 aromatic heterocycles. The Bertz CT molecular complexity index is 2790. The quantitative estimate of drug-likeness (QED) is 0.201. The highest BCUT2D eigenvalue weighted by molar-refractivity contribution is 6.16. The Hall–Kier alpha value is -6.00. The SMILES string of the molecule is C1=CC2c3ccc4c5ccccc5n(-c5ccc6oc7ccccc7c6c5)c4c3N(c3ccc4oc5ccccc5c4c3)C2C=C1. The minimum atomic E-state index is 0.160. The number of nitrogens with zero attached hydrogens (tertiary/aromatic N) is 2. The van der Waals surface area contributed by atoms with E-state index in [1.807, 2.05) is 24.3 Å². The van der Waals surface area contributed by atoms with E-state index in [0.717, 1.165) is 55.3 Å². The molecule has 0 radical (unpaired) electrons. The number of hydrogen-bond donors (Lipinski definition) is 0. The summed E-state index contributed by atoms with van der Waals surface area (Å²) >= 11 is 0. The largest absolute Gasteiger partial charge is 0.456 e. The molecule has 2 atom stereocenters. The Labute approximate surface area is 263 Å². The molecule has 0 N–H and O–H groups in total. The zero-order chi connectivity index (χ0) is 29.9. The summed E-state index contributed by atoms with van der Waals surface area (Å²) < 4.78 is 14.9. The first-order valence-corrected chi connectivity index (χ1v) is 15.9. The Kier molecular flexibility index (Phi) is 4.66. The molecule has 0 amide bonds. The van der Waals surface area contributed by atoms with E-state index in [2.05, 4.69) is 131 Å². The predicted octanol–water partition coefficient (Wildman–Crippen LogP) is 11.3. The topological polar surface area (TPSA) is 34.5 Å². The molecule has 46 heavy (non-hydrogen) atoms. The molecule has 0 fully saturated rings. The van der Waals surface area contributed by atoms with Crippen molar-refractivity contribution in [2.24, 2.45) is 0 Å². The number of anilines is 2. The van der Waals surface area contributed by atoms with Gasteiger partial charge in [0, 0.05) is 49.6 Å². The van der Waals surface area contributed by atoms with Crippen molar-refractivity contribution in [3.63, 3.8) is 0 Å². The lowest BCUT2D eigenvalue weighted by molar-refractivity contribution is 0.668. The van der Waals surface area contributed by atoms with Gasteiger partial charge in [-0.1, -0.05) is 91.0 Å². The molecule has 1 aliphatic carbocycles. The number of para-hydroxylation sites is 3. The van der Waals surface area contributed by atoms with Crippen LogP contribution >= 0.6 is 0 Å². The average molecular weight is 591 g/mol. The molecule has 0 spiro atoms. The van der Waals surface area contributed by atoms with Crippen molar-refractivity contribution < 1.29 is 8.83 Å². The van der Waals surface area contributed by atoms with Crippen LogP contribution in [0, 0.1) is 0 Å². The average Bonchev–Trinajstić information content (AvgIpc) is 3.85. The number of allylic oxidation sites excluding steroid dienone is 2. The lowest BCUT2D eigenvalue weighted by atomic mass is 9.91. The van der Waals surface area contributed by atoms with Gasteiger partial charge in [-0.3, -0.25) is 0 Å². The third-order valence-electron chi connectivity index (χ3n) is 10.1. The summed E-state index contributed by atoms with van der Waals surface area (Å²) in [6.07, 6.45) is 9.10. The van der Waals surface area contributed by atoms with Crippen LogP contribution < -0.4 is 4.90 Å². The van der Waals surface area contributed by atoms with Gasteiger partial charge in [0.05, 0.1) is 22.8 Å². The molecular formula is C42H26N2O2. The maximum atomic E-state index is 6.24. The maximum absolute atomic E-state index is 6.24. The minimum Gasteiger partial charge on any atom is -0.456 e. The van der Waals surface area contributed by atoms with Gasteiger partial charge in [-0.25, -0.2) is 0 Å². The van der Waals surface area contributed by atoms with Crippen LogP contribution in [0.2, 0.25) is 0 Å². The van der Waals surface area contributed by atoms with Crippen LogP contribution in [-0.2, 0) is 0 Å². The summed E-state index contributed by atoms with van der Waals surface area (Å²) in [6, 6.07) is 43.5. The zero-order valence-electron chi connectivity index (χ0n) is 24.7. The van der Waals surface area contributed by atoms with E-state index in [-0.39, 0.29) is 12.0 Å². The number of rotatable bonds is 2. The monoisotopic (exact) mass is 590 g/mol. The van der Waals surface area contributed by atoms with E-state index in [4.69, 9.17) is 8.83 Å². The molecule has 0 bridgehead atoms. The van der Waals surface area contributed by atoms with Gasteiger partial charge in [0.15, 0.2) is 0 Å². The highest BCUT2D eigenvalue weighted by atomic mass is 16.3. The van der Waals surface area contributed by atoms with Gasteiger partial charge in [-0.05, 0) is 60.2 Å². The van der Waals surface area contributed by atoms with Gasteiger partial charge in [0.2, 0.25) is 0 Å². The Balaban J connectivity index is 1.24. The van der Waals surface area contributed by atoms with Crippen LogP contribution in [-0.4, -0.2) is 10.6 Å². The molecule has 11 rings (SSSR count). The van der Waals surface area contributed by atoms with Crippen LogP contribution in [0.3, 0.4) is 0 Å². The molecule has 2 unspecified atom stereocenters. The first kappa shape index (κ1) is 24.3. The lowest BCUT2D eigenvalue weighted by Crippen LogP contribution is -2.28. The molecule has 216 valence electrons. The molecule has 2 aliphatic rings. The van der Waals surface area contributed by atoms with Crippen molar-refractivity contribution in [1.82, 2.24) is 4.57 Å². The number of fused-ring (bicyclic) bond motifs is 13. The summed E-state index contributed by atoms with van der Waals surface area (Å²) in [4.78, 5) is 2.56. The van der Waals surface area contributed by atoms with Gasteiger partial charge >= 0.3 is 0 Å². The summed E-state index contributed by atoms with van der Waals surface area (Å²) in [5.74, 6) is 0.243. The number of aromatic nitrogens is 1. The lowest BCUT2D eigenvalue weighted by Gasteiger charge is -2.29. The second-order valence-electron chi connectivity index (χ2n) is 12.5. The normalized spacial score (nSPS) is 17.3. The van der Waals surface area contributed by atoms with E-state index in [1.54, 1.807) is 0 Å². The third kappa shape index (κ3) is 3.13. The molecule has 0 saturated heterocycles. The third-order valence-corrected chi connectivity index (χ3v) is 10.1. The van der Waals surface area contributed by atoms with E-state index >= 15 is 0 Å². The molecule has 4 heterocycles. The second-order valence-corrected chi connectivity index (χ2v) is 12.5. The predicted molar refractivity (Wildman–Crippen MR) is 189 cm³/mol. The van der Waals surface area contributed by atoms with Gasteiger partial charge in [-0.15, -0.1) is 0 Å². The van der Waals surface area contributed by atoms with Crippen LogP contribution in [0.1, 0.15) is 11.5 Å². The second kappa shape index (κ2) is 8.80. The summed E-state index contributed by atoms with van der Waals surface area (Å²) in [7, 11) is 0. The first-order valence-electron chi connectivity index (χ1n) is 15.9. The van der Waals surface area contributed by atoms with Gasteiger partial charge < -0.3 is 18.3 Å². The molecule has 1 aliphatic heterocycles. The fourth-order valence-electron chi connectivity index (χ4n) is 8.14.